The Morgan fingerprint density at radius 3 is 2.88 bits per heavy atom. The predicted molar refractivity (Wildman–Crippen MR) is 95.4 cm³/mol. The molecule has 128 valence electrons. The Labute approximate surface area is 144 Å². The Balaban J connectivity index is 1.82. The van der Waals surface area contributed by atoms with E-state index < -0.39 is 16.8 Å². The van der Waals surface area contributed by atoms with Gasteiger partial charge in [-0.1, -0.05) is 0 Å². The highest BCUT2D eigenvalue weighted by Gasteiger charge is 2.38. The number of dihydropyridines is 1. The molecule has 3 rings (SSSR count). The molecule has 1 N–H and O–H groups in total. The molecule has 6 nitrogen and oxygen atoms in total. The zero-order valence-corrected chi connectivity index (χ0v) is 15.0. The second-order valence-electron chi connectivity index (χ2n) is 6.01. The fraction of sp³-hybridized carbons (Fsp3) is 0.412. The maximum absolute atomic E-state index is 12.8. The van der Waals surface area contributed by atoms with Crippen LogP contribution in [0.1, 0.15) is 13.8 Å². The number of methoxy groups -OCH3 is 2. The number of nitrogens with one attached hydrogen (secondary N) is 1. The first-order valence-electron chi connectivity index (χ1n) is 7.65. The number of ether oxygens (including phenoxy) is 2. The molecule has 0 spiro atoms. The van der Waals surface area contributed by atoms with Gasteiger partial charge in [0, 0.05) is 30.6 Å². The van der Waals surface area contributed by atoms with Crippen molar-refractivity contribution in [1.29, 1.82) is 0 Å². The summed E-state index contributed by atoms with van der Waals surface area (Å²) in [6, 6.07) is 5.30. The minimum atomic E-state index is -1.31. The second-order valence-corrected chi connectivity index (χ2v) is 7.42. The molecule has 1 aliphatic heterocycles. The van der Waals surface area contributed by atoms with E-state index in [9.17, 15) is 4.55 Å². The van der Waals surface area contributed by atoms with E-state index in [1.54, 1.807) is 20.4 Å². The van der Waals surface area contributed by atoms with Crippen LogP contribution >= 0.6 is 0 Å². The van der Waals surface area contributed by atoms with E-state index in [2.05, 4.69) is 15.0 Å². The molecule has 2 heterocycles. The molecule has 24 heavy (non-hydrogen) atoms. The number of allylic oxidation sites excluding steroid dienone is 1. The number of imidazole rings is 1. The quantitative estimate of drug-likeness (QED) is 0.843. The molecule has 7 heteroatoms. The number of rotatable bonds is 5. The molecule has 0 amide bonds. The van der Waals surface area contributed by atoms with Gasteiger partial charge in [0.05, 0.1) is 18.1 Å². The maximum atomic E-state index is 12.8. The molecule has 0 radical (unpaired) electrons. The van der Waals surface area contributed by atoms with Crippen LogP contribution in [0.2, 0.25) is 0 Å². The van der Waals surface area contributed by atoms with Crippen molar-refractivity contribution in [2.24, 2.45) is 4.99 Å². The summed E-state index contributed by atoms with van der Waals surface area (Å²) in [7, 11) is 3.25. The van der Waals surface area contributed by atoms with Gasteiger partial charge in [0.1, 0.15) is 23.1 Å². The third-order valence-electron chi connectivity index (χ3n) is 4.27. The third-order valence-corrected chi connectivity index (χ3v) is 5.51. The summed E-state index contributed by atoms with van der Waals surface area (Å²) in [6.07, 6.45) is 3.82. The summed E-state index contributed by atoms with van der Waals surface area (Å²) in [4.78, 5) is 12.1. The van der Waals surface area contributed by atoms with Crippen LogP contribution in [-0.2, 0) is 15.9 Å². The molecule has 2 aromatic rings. The molecule has 1 aromatic heterocycles. The molecule has 3 atom stereocenters. The molecule has 0 fully saturated rings. The first-order valence-corrected chi connectivity index (χ1v) is 8.97. The zero-order chi connectivity index (χ0) is 17.3. The number of H-pyrrole nitrogens is 1. The Bertz CT molecular complexity index is 801. The van der Waals surface area contributed by atoms with Crippen LogP contribution in [-0.4, -0.2) is 52.4 Å². The molecule has 0 aliphatic carbocycles. The topological polar surface area (TPSA) is 82.6 Å². The van der Waals surface area contributed by atoms with Gasteiger partial charge in [-0.25, -0.2) is 0 Å². The van der Waals surface area contributed by atoms with Gasteiger partial charge in [0.25, 0.3) is 0 Å². The van der Waals surface area contributed by atoms with E-state index in [1.807, 2.05) is 38.1 Å². The highest BCUT2D eigenvalue weighted by atomic mass is 32.2. The van der Waals surface area contributed by atoms with E-state index in [0.717, 1.165) is 22.4 Å². The van der Waals surface area contributed by atoms with E-state index in [4.69, 9.17) is 9.47 Å². The lowest BCUT2D eigenvalue weighted by Crippen LogP contribution is -2.44. The number of hydrogen-bond acceptors (Lipinski definition) is 5. The monoisotopic (exact) mass is 347 g/mol. The van der Waals surface area contributed by atoms with Crippen molar-refractivity contribution in [2.75, 3.05) is 20.0 Å². The van der Waals surface area contributed by atoms with Crippen molar-refractivity contribution in [2.45, 2.75) is 30.6 Å². The van der Waals surface area contributed by atoms with Crippen molar-refractivity contribution in [3.05, 3.63) is 29.8 Å². The van der Waals surface area contributed by atoms with Gasteiger partial charge in [-0.05, 0) is 37.6 Å². The second kappa shape index (κ2) is 6.58. The first kappa shape index (κ1) is 17.0. The number of aliphatic imine (C=N–C) groups is 1. The van der Waals surface area contributed by atoms with Crippen LogP contribution in [0.3, 0.4) is 0 Å². The van der Waals surface area contributed by atoms with Crippen molar-refractivity contribution in [3.8, 4) is 5.75 Å². The highest BCUT2D eigenvalue weighted by molar-refractivity contribution is 7.91. The number of aromatic nitrogens is 2. The smallest absolute Gasteiger partial charge is 0.321 e. The summed E-state index contributed by atoms with van der Waals surface area (Å²) in [5.41, 5.74) is 2.04. The van der Waals surface area contributed by atoms with Crippen LogP contribution < -0.4 is 4.74 Å². The summed E-state index contributed by atoms with van der Waals surface area (Å²) >= 11 is -1.31. The minimum absolute atomic E-state index is 0.227. The van der Waals surface area contributed by atoms with Crippen LogP contribution in [0.25, 0.3) is 11.0 Å². The van der Waals surface area contributed by atoms with Crippen molar-refractivity contribution in [1.82, 2.24) is 9.97 Å². The summed E-state index contributed by atoms with van der Waals surface area (Å²) in [6.45, 7) is 3.93. The van der Waals surface area contributed by atoms with Gasteiger partial charge in [0.15, 0.2) is 0 Å². The highest BCUT2D eigenvalue weighted by Crippen LogP contribution is 2.28. The molecule has 1 aromatic carbocycles. The lowest BCUT2D eigenvalue weighted by molar-refractivity contribution is 0.0312. The standard InChI is InChI=1S/C17H21N3O3S/c1-11-8-17(2,23-4)15(18-9-11)10-24(21)16-19-13-6-5-12(22-3)7-14(13)20-16/h5-9,15H,10H2,1-4H3,(H,19,20). The predicted octanol–water partition coefficient (Wildman–Crippen LogP) is 2.48. The zero-order valence-electron chi connectivity index (χ0n) is 14.2. The van der Waals surface area contributed by atoms with Gasteiger partial charge < -0.3 is 14.0 Å². The van der Waals surface area contributed by atoms with Crippen LogP contribution in [0.5, 0.6) is 5.75 Å². The third kappa shape index (κ3) is 3.19. The van der Waals surface area contributed by atoms with Gasteiger partial charge in [0.2, 0.25) is 0 Å². The first-order chi connectivity index (χ1) is 11.4. The van der Waals surface area contributed by atoms with E-state index >= 15 is 0 Å². The van der Waals surface area contributed by atoms with E-state index in [1.165, 1.54) is 0 Å². The van der Waals surface area contributed by atoms with Crippen molar-refractivity contribution in [3.63, 3.8) is 0 Å². The summed E-state index contributed by atoms with van der Waals surface area (Å²) in [5, 5.41) is 0.443. The molecular formula is C17H21N3O3S. The summed E-state index contributed by atoms with van der Waals surface area (Å²) < 4.78 is 23.6. The summed E-state index contributed by atoms with van der Waals surface area (Å²) in [5.74, 6) is 1.05. The molecule has 3 unspecified atom stereocenters. The average Bonchev–Trinajstić information content (AvgIpc) is 3.00. The number of hydrogen-bond donors (Lipinski definition) is 1. The van der Waals surface area contributed by atoms with Gasteiger partial charge >= 0.3 is 5.16 Å². The Morgan fingerprint density at radius 2 is 2.17 bits per heavy atom. The lowest BCUT2D eigenvalue weighted by Gasteiger charge is -2.33. The molecule has 0 saturated heterocycles. The fourth-order valence-corrected chi connectivity index (χ4v) is 4.05. The number of aromatic amines is 1. The van der Waals surface area contributed by atoms with Crippen molar-refractivity contribution >= 4 is 28.4 Å². The van der Waals surface area contributed by atoms with Crippen LogP contribution in [0, 0.1) is 0 Å². The number of nitrogens with zero attached hydrogens (tertiary/aromatic N) is 2. The maximum Gasteiger partial charge on any atom is 0.321 e. The number of fused-ring (bicyclic) bond motifs is 1. The van der Waals surface area contributed by atoms with Gasteiger partial charge in [-0.2, -0.15) is 4.98 Å². The largest absolute Gasteiger partial charge is 0.609 e. The molecular weight excluding hydrogens is 326 g/mol. The fourth-order valence-electron chi connectivity index (χ4n) is 2.76. The Morgan fingerprint density at radius 1 is 1.38 bits per heavy atom. The van der Waals surface area contributed by atoms with E-state index in [-0.39, 0.29) is 6.04 Å². The molecule has 0 saturated carbocycles. The minimum Gasteiger partial charge on any atom is -0.609 e. The molecule has 1 aliphatic rings. The van der Waals surface area contributed by atoms with E-state index in [0.29, 0.717) is 10.9 Å². The van der Waals surface area contributed by atoms with Gasteiger partial charge in [-0.3, -0.25) is 9.98 Å². The van der Waals surface area contributed by atoms with Crippen LogP contribution in [0.4, 0.5) is 0 Å². The number of benzene rings is 1. The SMILES string of the molecule is COc1ccc2[nH]c([S+]([O-])CC3N=CC(C)=CC3(C)OC)nc2c1. The van der Waals surface area contributed by atoms with Crippen LogP contribution in [0.15, 0.2) is 40.0 Å². The normalized spacial score (nSPS) is 24.9. The Hall–Kier alpha value is -1.83. The average molecular weight is 347 g/mol. The Kier molecular flexibility index (Phi) is 4.67. The van der Waals surface area contributed by atoms with Gasteiger partial charge in [-0.15, -0.1) is 0 Å². The lowest BCUT2D eigenvalue weighted by atomic mass is 9.93. The van der Waals surface area contributed by atoms with Crippen molar-refractivity contribution < 1.29 is 14.0 Å². The molecule has 0 bridgehead atoms.